The third-order valence-corrected chi connectivity index (χ3v) is 5.47. The smallest absolute Gasteiger partial charge is 0.285 e. The number of rotatable bonds is 5. The number of nitrogens with one attached hydrogen (secondary N) is 1. The lowest BCUT2D eigenvalue weighted by molar-refractivity contribution is -0.123. The number of phenolic OH excluding ortho intramolecular Hbond substituents is 1. The van der Waals surface area contributed by atoms with Crippen LogP contribution in [0.3, 0.4) is 0 Å². The Balaban J connectivity index is 1.83. The fourth-order valence-corrected chi connectivity index (χ4v) is 3.79. The third kappa shape index (κ3) is 4.47. The number of carbonyl (C=O) groups is 2. The SMILES string of the molecule is COc1cc(/C=C2/SC(=S)N(NC(=O)c3ccc(Cl)cc3)C2=O)cc(OC)c1O. The third-order valence-electron chi connectivity index (χ3n) is 3.91. The highest BCUT2D eigenvalue weighted by molar-refractivity contribution is 8.26. The van der Waals surface area contributed by atoms with Crippen LogP contribution in [0.5, 0.6) is 17.2 Å². The minimum atomic E-state index is -0.493. The van der Waals surface area contributed by atoms with Crippen molar-refractivity contribution in [3.8, 4) is 17.2 Å². The highest BCUT2D eigenvalue weighted by Gasteiger charge is 2.34. The van der Waals surface area contributed by atoms with Crippen LogP contribution < -0.4 is 14.9 Å². The molecule has 0 saturated carbocycles. The summed E-state index contributed by atoms with van der Waals surface area (Å²) in [7, 11) is 2.81. The Kier molecular flexibility index (Phi) is 6.31. The van der Waals surface area contributed by atoms with E-state index in [1.807, 2.05) is 0 Å². The molecule has 2 N–H and O–H groups in total. The number of methoxy groups -OCH3 is 2. The molecule has 0 unspecified atom stereocenters. The van der Waals surface area contributed by atoms with Crippen LogP contribution >= 0.6 is 35.6 Å². The Morgan fingerprint density at radius 1 is 1.21 bits per heavy atom. The lowest BCUT2D eigenvalue weighted by Gasteiger charge is -2.15. The van der Waals surface area contributed by atoms with Crippen LogP contribution in [0.4, 0.5) is 0 Å². The standard InChI is InChI=1S/C19H15ClN2O5S2/c1-26-13-7-10(8-14(27-2)16(13)23)9-15-18(25)22(19(28)29-15)21-17(24)11-3-5-12(20)6-4-11/h3-9,23H,1-2H3,(H,21,24)/b15-9+. The van der Waals surface area contributed by atoms with Crippen LogP contribution in [-0.4, -0.2) is 40.5 Å². The lowest BCUT2D eigenvalue weighted by Crippen LogP contribution is -2.44. The fourth-order valence-electron chi connectivity index (χ4n) is 2.48. The van der Waals surface area contributed by atoms with E-state index < -0.39 is 11.8 Å². The molecule has 2 amide bonds. The van der Waals surface area contributed by atoms with Crippen molar-refractivity contribution in [2.75, 3.05) is 14.2 Å². The number of nitrogens with zero attached hydrogens (tertiary/aromatic N) is 1. The number of hydrogen-bond donors (Lipinski definition) is 2. The minimum absolute atomic E-state index is 0.144. The van der Waals surface area contributed by atoms with Gasteiger partial charge in [0.05, 0.1) is 19.1 Å². The number of phenols is 1. The molecular weight excluding hydrogens is 436 g/mol. The first-order valence-electron chi connectivity index (χ1n) is 8.13. The van der Waals surface area contributed by atoms with E-state index in [-0.39, 0.29) is 21.6 Å². The Morgan fingerprint density at radius 2 is 1.79 bits per heavy atom. The largest absolute Gasteiger partial charge is 0.502 e. The monoisotopic (exact) mass is 450 g/mol. The number of thiocarbonyl (C=S) groups is 1. The second kappa shape index (κ2) is 8.73. The number of aromatic hydroxyl groups is 1. The number of carbonyl (C=O) groups excluding carboxylic acids is 2. The molecule has 1 heterocycles. The molecule has 0 bridgehead atoms. The number of hydrogen-bond acceptors (Lipinski definition) is 7. The molecule has 2 aromatic rings. The van der Waals surface area contributed by atoms with E-state index in [4.69, 9.17) is 33.3 Å². The Bertz CT molecular complexity index is 999. The van der Waals surface area contributed by atoms with Crippen LogP contribution in [0.25, 0.3) is 6.08 Å². The molecule has 7 nitrogen and oxygen atoms in total. The average molecular weight is 451 g/mol. The molecular formula is C19H15ClN2O5S2. The molecule has 1 fully saturated rings. The Labute approximate surface area is 181 Å². The van der Waals surface area contributed by atoms with Gasteiger partial charge in [-0.3, -0.25) is 15.0 Å². The summed E-state index contributed by atoms with van der Waals surface area (Å²) in [4.78, 5) is 25.4. The molecule has 150 valence electrons. The van der Waals surface area contributed by atoms with Crippen LogP contribution in [0.1, 0.15) is 15.9 Å². The summed E-state index contributed by atoms with van der Waals surface area (Å²) in [5, 5.41) is 11.5. The zero-order chi connectivity index (χ0) is 21.1. The molecule has 10 heteroatoms. The van der Waals surface area contributed by atoms with E-state index in [9.17, 15) is 14.7 Å². The first-order chi connectivity index (χ1) is 13.8. The van der Waals surface area contributed by atoms with Crippen molar-refractivity contribution in [2.45, 2.75) is 0 Å². The van der Waals surface area contributed by atoms with Crippen molar-refractivity contribution in [1.82, 2.24) is 10.4 Å². The van der Waals surface area contributed by atoms with E-state index >= 15 is 0 Å². The van der Waals surface area contributed by atoms with Crippen molar-refractivity contribution in [3.63, 3.8) is 0 Å². The molecule has 3 rings (SSSR count). The van der Waals surface area contributed by atoms with Crippen molar-refractivity contribution in [1.29, 1.82) is 0 Å². The van der Waals surface area contributed by atoms with Crippen molar-refractivity contribution in [2.24, 2.45) is 0 Å². The normalized spacial score (nSPS) is 15.0. The van der Waals surface area contributed by atoms with E-state index in [1.54, 1.807) is 42.5 Å². The summed E-state index contributed by atoms with van der Waals surface area (Å²) in [6, 6.07) is 9.34. The van der Waals surface area contributed by atoms with E-state index in [0.29, 0.717) is 21.1 Å². The van der Waals surface area contributed by atoms with Gasteiger partial charge in [0.25, 0.3) is 11.8 Å². The maximum absolute atomic E-state index is 12.7. The number of benzene rings is 2. The number of amides is 2. The number of halogens is 1. The van der Waals surface area contributed by atoms with Crippen LogP contribution in [0.2, 0.25) is 5.02 Å². The summed E-state index contributed by atoms with van der Waals surface area (Å²) in [5.74, 6) is -0.723. The first kappa shape index (κ1) is 21.0. The Hall–Kier alpha value is -2.75. The summed E-state index contributed by atoms with van der Waals surface area (Å²) >= 11 is 12.1. The molecule has 29 heavy (non-hydrogen) atoms. The molecule has 1 aliphatic heterocycles. The number of ether oxygens (including phenoxy) is 2. The van der Waals surface area contributed by atoms with Gasteiger partial charge in [0, 0.05) is 10.6 Å². The average Bonchev–Trinajstić information content (AvgIpc) is 2.96. The summed E-state index contributed by atoms with van der Waals surface area (Å²) < 4.78 is 10.4. The van der Waals surface area contributed by atoms with Crippen LogP contribution in [-0.2, 0) is 4.79 Å². The molecule has 0 atom stereocenters. The van der Waals surface area contributed by atoms with Crippen LogP contribution in [0.15, 0.2) is 41.3 Å². The number of hydrazine groups is 1. The van der Waals surface area contributed by atoms with Gasteiger partial charge in [0.1, 0.15) is 0 Å². The molecule has 0 radical (unpaired) electrons. The van der Waals surface area contributed by atoms with Gasteiger partial charge >= 0.3 is 0 Å². The van der Waals surface area contributed by atoms with Crippen molar-refractivity contribution < 1.29 is 24.2 Å². The van der Waals surface area contributed by atoms with Gasteiger partial charge in [-0.25, -0.2) is 0 Å². The van der Waals surface area contributed by atoms with Gasteiger partial charge in [-0.05, 0) is 60.3 Å². The molecule has 0 aromatic heterocycles. The van der Waals surface area contributed by atoms with Gasteiger partial charge in [-0.15, -0.1) is 0 Å². The predicted molar refractivity (Wildman–Crippen MR) is 115 cm³/mol. The molecule has 1 saturated heterocycles. The van der Waals surface area contributed by atoms with Gasteiger partial charge in [0.2, 0.25) is 5.75 Å². The zero-order valence-electron chi connectivity index (χ0n) is 15.3. The molecule has 0 aliphatic carbocycles. The number of thioether (sulfide) groups is 1. The fraction of sp³-hybridized carbons (Fsp3) is 0.105. The van der Waals surface area contributed by atoms with Crippen LogP contribution in [0, 0.1) is 0 Å². The topological polar surface area (TPSA) is 88.1 Å². The maximum Gasteiger partial charge on any atom is 0.285 e. The Morgan fingerprint density at radius 3 is 2.34 bits per heavy atom. The molecule has 1 aliphatic rings. The second-order valence-electron chi connectivity index (χ2n) is 5.74. The molecule has 2 aromatic carbocycles. The quantitative estimate of drug-likeness (QED) is 0.531. The second-order valence-corrected chi connectivity index (χ2v) is 7.85. The maximum atomic E-state index is 12.7. The molecule has 0 spiro atoms. The van der Waals surface area contributed by atoms with Gasteiger partial charge in [-0.1, -0.05) is 23.4 Å². The first-order valence-corrected chi connectivity index (χ1v) is 9.73. The van der Waals surface area contributed by atoms with Crippen molar-refractivity contribution >= 4 is 57.8 Å². The zero-order valence-corrected chi connectivity index (χ0v) is 17.7. The van der Waals surface area contributed by atoms with Gasteiger partial charge in [0.15, 0.2) is 15.8 Å². The predicted octanol–water partition coefficient (Wildman–Crippen LogP) is 3.61. The highest BCUT2D eigenvalue weighted by atomic mass is 35.5. The van der Waals surface area contributed by atoms with E-state index in [1.165, 1.54) is 14.2 Å². The van der Waals surface area contributed by atoms with Gasteiger partial charge < -0.3 is 14.6 Å². The lowest BCUT2D eigenvalue weighted by atomic mass is 10.1. The summed E-state index contributed by atoms with van der Waals surface area (Å²) in [6.45, 7) is 0. The highest BCUT2D eigenvalue weighted by Crippen LogP contribution is 2.39. The van der Waals surface area contributed by atoms with Gasteiger partial charge in [-0.2, -0.15) is 5.01 Å². The van der Waals surface area contributed by atoms with E-state index in [2.05, 4.69) is 5.43 Å². The van der Waals surface area contributed by atoms with E-state index in [0.717, 1.165) is 16.8 Å². The minimum Gasteiger partial charge on any atom is -0.502 e. The summed E-state index contributed by atoms with van der Waals surface area (Å²) in [5.41, 5.74) is 3.38. The van der Waals surface area contributed by atoms with Crippen molar-refractivity contribution in [3.05, 3.63) is 57.5 Å². The summed E-state index contributed by atoms with van der Waals surface area (Å²) in [6.07, 6.45) is 1.57.